The third-order valence-corrected chi connectivity index (χ3v) is 4.70. The molecule has 2 aliphatic heterocycles. The number of hydrogen-bond acceptors (Lipinski definition) is 4. The van der Waals surface area contributed by atoms with Gasteiger partial charge in [0.05, 0.1) is 0 Å². The van der Waals surface area contributed by atoms with Crippen LogP contribution in [0.5, 0.6) is 11.5 Å². The fourth-order valence-corrected chi connectivity index (χ4v) is 3.31. The molecule has 0 unspecified atom stereocenters. The van der Waals surface area contributed by atoms with Gasteiger partial charge < -0.3 is 19.7 Å². The SMILES string of the molecule is O=C(CCc1ccc2c(c1)OCO2)Nc1ccc(N2CCCC2)cc1. The zero-order valence-electron chi connectivity index (χ0n) is 14.2. The number of nitrogens with one attached hydrogen (secondary N) is 1. The minimum Gasteiger partial charge on any atom is -0.454 e. The average Bonchev–Trinajstić information content (AvgIpc) is 3.32. The van der Waals surface area contributed by atoms with Crippen LogP contribution in [-0.4, -0.2) is 25.8 Å². The van der Waals surface area contributed by atoms with E-state index in [0.717, 1.165) is 35.8 Å². The Morgan fingerprint density at radius 2 is 1.76 bits per heavy atom. The van der Waals surface area contributed by atoms with Gasteiger partial charge in [0.1, 0.15) is 0 Å². The van der Waals surface area contributed by atoms with Gasteiger partial charge in [-0.1, -0.05) is 6.07 Å². The topological polar surface area (TPSA) is 50.8 Å². The molecule has 0 radical (unpaired) electrons. The molecule has 1 fully saturated rings. The molecule has 4 rings (SSSR count). The van der Waals surface area contributed by atoms with Crippen LogP contribution in [0, 0.1) is 0 Å². The first-order valence-corrected chi connectivity index (χ1v) is 8.81. The Balaban J connectivity index is 1.30. The quantitative estimate of drug-likeness (QED) is 0.905. The Hall–Kier alpha value is -2.69. The molecule has 2 aromatic rings. The first-order chi connectivity index (χ1) is 12.3. The van der Waals surface area contributed by atoms with Gasteiger partial charge in [0, 0.05) is 30.9 Å². The van der Waals surface area contributed by atoms with Gasteiger partial charge in [0.2, 0.25) is 12.7 Å². The fraction of sp³-hybridized carbons (Fsp3) is 0.350. The highest BCUT2D eigenvalue weighted by atomic mass is 16.7. The van der Waals surface area contributed by atoms with E-state index in [9.17, 15) is 4.79 Å². The molecule has 0 aliphatic carbocycles. The van der Waals surface area contributed by atoms with Crippen molar-refractivity contribution in [3.63, 3.8) is 0 Å². The molecule has 2 aromatic carbocycles. The predicted molar refractivity (Wildman–Crippen MR) is 97.4 cm³/mol. The summed E-state index contributed by atoms with van der Waals surface area (Å²) in [6.07, 6.45) is 3.64. The van der Waals surface area contributed by atoms with E-state index in [1.54, 1.807) is 0 Å². The fourth-order valence-electron chi connectivity index (χ4n) is 3.31. The van der Waals surface area contributed by atoms with Crippen LogP contribution in [0.3, 0.4) is 0 Å². The van der Waals surface area contributed by atoms with Crippen molar-refractivity contribution in [1.82, 2.24) is 0 Å². The van der Waals surface area contributed by atoms with Crippen LogP contribution in [0.1, 0.15) is 24.8 Å². The molecular formula is C20H22N2O3. The normalized spacial score (nSPS) is 15.4. The average molecular weight is 338 g/mol. The first kappa shape index (κ1) is 15.8. The maximum absolute atomic E-state index is 12.2. The number of ether oxygens (including phenoxy) is 2. The number of carbonyl (C=O) groups excluding carboxylic acids is 1. The van der Waals surface area contributed by atoms with E-state index in [0.29, 0.717) is 12.8 Å². The van der Waals surface area contributed by atoms with E-state index in [2.05, 4.69) is 22.3 Å². The molecule has 0 atom stereocenters. The van der Waals surface area contributed by atoms with E-state index in [4.69, 9.17) is 9.47 Å². The Morgan fingerprint density at radius 1 is 1.00 bits per heavy atom. The highest BCUT2D eigenvalue weighted by molar-refractivity contribution is 5.91. The largest absolute Gasteiger partial charge is 0.454 e. The van der Waals surface area contributed by atoms with Gasteiger partial charge in [-0.3, -0.25) is 4.79 Å². The number of rotatable bonds is 5. The van der Waals surface area contributed by atoms with Gasteiger partial charge in [-0.15, -0.1) is 0 Å². The van der Waals surface area contributed by atoms with Crippen LogP contribution >= 0.6 is 0 Å². The number of benzene rings is 2. The van der Waals surface area contributed by atoms with Crippen LogP contribution < -0.4 is 19.7 Å². The monoisotopic (exact) mass is 338 g/mol. The summed E-state index contributed by atoms with van der Waals surface area (Å²) in [7, 11) is 0. The number of fused-ring (bicyclic) bond motifs is 1. The molecule has 5 heteroatoms. The van der Waals surface area contributed by atoms with Gasteiger partial charge in [0.15, 0.2) is 11.5 Å². The van der Waals surface area contributed by atoms with Crippen LogP contribution in [0.2, 0.25) is 0 Å². The molecule has 0 bridgehead atoms. The lowest BCUT2D eigenvalue weighted by Crippen LogP contribution is -2.17. The van der Waals surface area contributed by atoms with Crippen molar-refractivity contribution in [2.45, 2.75) is 25.7 Å². The van der Waals surface area contributed by atoms with Crippen molar-refractivity contribution in [1.29, 1.82) is 0 Å². The Labute approximate surface area is 147 Å². The summed E-state index contributed by atoms with van der Waals surface area (Å²) in [6.45, 7) is 2.52. The molecular weight excluding hydrogens is 316 g/mol. The lowest BCUT2D eigenvalue weighted by molar-refractivity contribution is -0.116. The summed E-state index contributed by atoms with van der Waals surface area (Å²) in [6, 6.07) is 13.9. The second kappa shape index (κ2) is 7.05. The summed E-state index contributed by atoms with van der Waals surface area (Å²) in [5.41, 5.74) is 3.15. The molecule has 1 saturated heterocycles. The minimum absolute atomic E-state index is 0.0200. The number of carbonyl (C=O) groups is 1. The van der Waals surface area contributed by atoms with Gasteiger partial charge in [-0.05, 0) is 61.2 Å². The molecule has 0 aromatic heterocycles. The minimum atomic E-state index is 0.0200. The molecule has 25 heavy (non-hydrogen) atoms. The lowest BCUT2D eigenvalue weighted by atomic mass is 10.1. The van der Waals surface area contributed by atoms with Crippen molar-refractivity contribution in [2.24, 2.45) is 0 Å². The zero-order chi connectivity index (χ0) is 17.1. The van der Waals surface area contributed by atoms with Crippen LogP contribution in [-0.2, 0) is 11.2 Å². The molecule has 1 amide bonds. The Bertz CT molecular complexity index is 752. The number of nitrogens with zero attached hydrogens (tertiary/aromatic N) is 1. The molecule has 0 spiro atoms. The van der Waals surface area contributed by atoms with Gasteiger partial charge >= 0.3 is 0 Å². The van der Waals surface area contributed by atoms with E-state index in [1.807, 2.05) is 30.3 Å². The number of amides is 1. The van der Waals surface area contributed by atoms with Gasteiger partial charge in [0.25, 0.3) is 0 Å². The molecule has 5 nitrogen and oxygen atoms in total. The second-order valence-corrected chi connectivity index (χ2v) is 6.48. The van der Waals surface area contributed by atoms with Crippen LogP contribution in [0.4, 0.5) is 11.4 Å². The highest BCUT2D eigenvalue weighted by Crippen LogP contribution is 2.32. The number of hydrogen-bond donors (Lipinski definition) is 1. The predicted octanol–water partition coefficient (Wildman–Crippen LogP) is 3.59. The molecule has 2 heterocycles. The first-order valence-electron chi connectivity index (χ1n) is 8.81. The van der Waals surface area contributed by atoms with Crippen molar-refractivity contribution in [2.75, 3.05) is 30.1 Å². The summed E-state index contributed by atoms with van der Waals surface area (Å²) < 4.78 is 10.7. The van der Waals surface area contributed by atoms with Gasteiger partial charge in [-0.25, -0.2) is 0 Å². The summed E-state index contributed by atoms with van der Waals surface area (Å²) >= 11 is 0. The molecule has 130 valence electrons. The Kier molecular flexibility index (Phi) is 4.46. The van der Waals surface area contributed by atoms with E-state index in [1.165, 1.54) is 18.5 Å². The van der Waals surface area contributed by atoms with Crippen LogP contribution in [0.15, 0.2) is 42.5 Å². The summed E-state index contributed by atoms with van der Waals surface area (Å²) in [5.74, 6) is 1.55. The molecule has 0 saturated carbocycles. The van der Waals surface area contributed by atoms with Crippen molar-refractivity contribution >= 4 is 17.3 Å². The number of aryl methyl sites for hydroxylation is 1. The molecule has 2 aliphatic rings. The lowest BCUT2D eigenvalue weighted by Gasteiger charge is -2.17. The second-order valence-electron chi connectivity index (χ2n) is 6.48. The van der Waals surface area contributed by atoms with E-state index < -0.39 is 0 Å². The highest BCUT2D eigenvalue weighted by Gasteiger charge is 2.14. The maximum atomic E-state index is 12.2. The van der Waals surface area contributed by atoms with Crippen molar-refractivity contribution in [3.8, 4) is 11.5 Å². The third kappa shape index (κ3) is 3.71. The third-order valence-electron chi connectivity index (χ3n) is 4.70. The van der Waals surface area contributed by atoms with E-state index >= 15 is 0 Å². The Morgan fingerprint density at radius 3 is 2.56 bits per heavy atom. The van der Waals surface area contributed by atoms with Crippen LogP contribution in [0.25, 0.3) is 0 Å². The molecule has 1 N–H and O–H groups in total. The number of anilines is 2. The van der Waals surface area contributed by atoms with Crippen molar-refractivity contribution < 1.29 is 14.3 Å². The smallest absolute Gasteiger partial charge is 0.231 e. The zero-order valence-corrected chi connectivity index (χ0v) is 14.2. The summed E-state index contributed by atoms with van der Waals surface area (Å²) in [5, 5.41) is 2.97. The van der Waals surface area contributed by atoms with E-state index in [-0.39, 0.29) is 12.7 Å². The maximum Gasteiger partial charge on any atom is 0.231 e. The summed E-state index contributed by atoms with van der Waals surface area (Å²) in [4.78, 5) is 14.6. The van der Waals surface area contributed by atoms with Crippen molar-refractivity contribution in [3.05, 3.63) is 48.0 Å². The standard InChI is InChI=1S/C20H22N2O3/c23-20(10-4-15-3-9-18-19(13-15)25-14-24-18)21-16-5-7-17(8-6-16)22-11-1-2-12-22/h3,5-9,13H,1-2,4,10-12,14H2,(H,21,23). The van der Waals surface area contributed by atoms with Gasteiger partial charge in [-0.2, -0.15) is 0 Å².